The molecule has 0 bridgehead atoms. The van der Waals surface area contributed by atoms with Crippen LogP contribution < -0.4 is 0 Å². The molecule has 170 valence electrons. The zero-order chi connectivity index (χ0) is 23.8. The molecule has 0 saturated carbocycles. The normalized spacial score (nSPS) is 15.6. The highest BCUT2D eigenvalue weighted by Gasteiger charge is 2.35. The molecule has 1 aliphatic heterocycles. The molecule has 5 rings (SSSR count). The van der Waals surface area contributed by atoms with Crippen LogP contribution in [0.5, 0.6) is 0 Å². The van der Waals surface area contributed by atoms with Gasteiger partial charge in [0.2, 0.25) is 5.91 Å². The third kappa shape index (κ3) is 3.88. The zero-order valence-corrected chi connectivity index (χ0v) is 20.3. The van der Waals surface area contributed by atoms with Crippen LogP contribution in [0.15, 0.2) is 77.9 Å². The lowest BCUT2D eigenvalue weighted by molar-refractivity contribution is -0.132. The minimum atomic E-state index is -0.137. The number of pyridine rings is 1. The molecule has 1 atom stereocenters. The lowest BCUT2D eigenvalue weighted by atomic mass is 9.88. The Kier molecular flexibility index (Phi) is 5.93. The minimum Gasteiger partial charge on any atom is -0.273 e. The van der Waals surface area contributed by atoms with Crippen molar-refractivity contribution in [2.75, 3.05) is 0 Å². The van der Waals surface area contributed by atoms with E-state index in [4.69, 9.17) is 21.7 Å². The molecule has 0 fully saturated rings. The average Bonchev–Trinajstić information content (AvgIpc) is 3.28. The van der Waals surface area contributed by atoms with Crippen molar-refractivity contribution >= 4 is 34.1 Å². The van der Waals surface area contributed by atoms with Crippen LogP contribution in [0.4, 0.5) is 0 Å². The van der Waals surface area contributed by atoms with Crippen molar-refractivity contribution in [1.29, 1.82) is 0 Å². The van der Waals surface area contributed by atoms with E-state index in [1.165, 1.54) is 0 Å². The van der Waals surface area contributed by atoms with Gasteiger partial charge in [0.15, 0.2) is 0 Å². The van der Waals surface area contributed by atoms with E-state index >= 15 is 0 Å². The van der Waals surface area contributed by atoms with Gasteiger partial charge in [-0.2, -0.15) is 5.10 Å². The van der Waals surface area contributed by atoms with Gasteiger partial charge in [0.1, 0.15) is 0 Å². The summed E-state index contributed by atoms with van der Waals surface area (Å²) in [5.41, 5.74) is 8.04. The number of benzene rings is 3. The van der Waals surface area contributed by atoms with Gasteiger partial charge < -0.3 is 0 Å². The molecule has 0 aliphatic carbocycles. The van der Waals surface area contributed by atoms with Gasteiger partial charge in [-0.15, -0.1) is 0 Å². The highest BCUT2D eigenvalue weighted by molar-refractivity contribution is 6.31. The van der Waals surface area contributed by atoms with E-state index in [-0.39, 0.29) is 11.9 Å². The first-order valence-electron chi connectivity index (χ1n) is 11.6. The molecular weight excluding hydrogens is 442 g/mol. The first kappa shape index (κ1) is 22.3. The van der Waals surface area contributed by atoms with Crippen molar-refractivity contribution in [1.82, 2.24) is 9.99 Å². The van der Waals surface area contributed by atoms with Gasteiger partial charge in [-0.1, -0.05) is 73.1 Å². The number of hydrogen-bond donors (Lipinski definition) is 0. The van der Waals surface area contributed by atoms with E-state index in [1.807, 2.05) is 62.4 Å². The van der Waals surface area contributed by atoms with Crippen LogP contribution in [0.25, 0.3) is 22.0 Å². The van der Waals surface area contributed by atoms with Crippen molar-refractivity contribution in [3.05, 3.63) is 100 Å². The van der Waals surface area contributed by atoms with E-state index in [0.29, 0.717) is 17.9 Å². The van der Waals surface area contributed by atoms with Crippen LogP contribution in [0.2, 0.25) is 5.02 Å². The number of nitrogens with zero attached hydrogens (tertiary/aromatic N) is 3. The molecule has 5 heteroatoms. The fourth-order valence-corrected chi connectivity index (χ4v) is 5.04. The molecular formula is C29H26ClN3O. The average molecular weight is 468 g/mol. The lowest BCUT2D eigenvalue weighted by Crippen LogP contribution is -2.26. The molecule has 0 N–H and O–H groups in total. The molecule has 1 aromatic heterocycles. The molecule has 34 heavy (non-hydrogen) atoms. The van der Waals surface area contributed by atoms with Gasteiger partial charge in [-0.25, -0.2) is 5.01 Å². The number of aromatic nitrogens is 1. The second-order valence-corrected chi connectivity index (χ2v) is 9.13. The number of halogens is 1. The van der Waals surface area contributed by atoms with Crippen molar-refractivity contribution < 1.29 is 4.79 Å². The minimum absolute atomic E-state index is 0.0129. The van der Waals surface area contributed by atoms with Crippen LogP contribution >= 0.6 is 11.6 Å². The van der Waals surface area contributed by atoms with Gasteiger partial charge in [-0.05, 0) is 48.7 Å². The largest absolute Gasteiger partial charge is 0.273 e. The maximum Gasteiger partial charge on any atom is 0.242 e. The molecule has 0 saturated heterocycles. The molecule has 4 nitrogen and oxygen atoms in total. The van der Waals surface area contributed by atoms with E-state index in [0.717, 1.165) is 50.1 Å². The summed E-state index contributed by atoms with van der Waals surface area (Å²) in [5.74, 6) is 0.0129. The first-order chi connectivity index (χ1) is 16.5. The van der Waals surface area contributed by atoms with Crippen molar-refractivity contribution in [2.24, 2.45) is 5.10 Å². The highest BCUT2D eigenvalue weighted by Crippen LogP contribution is 2.40. The summed E-state index contributed by atoms with van der Waals surface area (Å²) in [6, 6.07) is 24.2. The Morgan fingerprint density at radius 2 is 1.74 bits per heavy atom. The smallest absolute Gasteiger partial charge is 0.242 e. The fourth-order valence-electron chi connectivity index (χ4n) is 4.87. The maximum atomic E-state index is 13.0. The summed E-state index contributed by atoms with van der Waals surface area (Å²) >= 11 is 6.42. The van der Waals surface area contributed by atoms with Crippen molar-refractivity contribution in [3.63, 3.8) is 0 Å². The summed E-state index contributed by atoms with van der Waals surface area (Å²) in [6.07, 6.45) is 1.03. The quantitative estimate of drug-likeness (QED) is 0.317. The Labute approximate surface area is 204 Å². The van der Waals surface area contributed by atoms with Crippen LogP contribution in [-0.4, -0.2) is 21.6 Å². The predicted molar refractivity (Wildman–Crippen MR) is 139 cm³/mol. The molecule has 2 heterocycles. The SMILES string of the molecule is CCC(=O)N1N=C(c2c(C)nc3ccc(Cl)cc3c2-c2ccccc2)CC1c1ccccc1C. The van der Waals surface area contributed by atoms with Crippen LogP contribution in [0.1, 0.15) is 48.2 Å². The number of carbonyl (C=O) groups is 1. The molecule has 3 aromatic carbocycles. The first-order valence-corrected chi connectivity index (χ1v) is 12.0. The third-order valence-corrected chi connectivity index (χ3v) is 6.73. The summed E-state index contributed by atoms with van der Waals surface area (Å²) in [7, 11) is 0. The number of hydrogen-bond acceptors (Lipinski definition) is 3. The van der Waals surface area contributed by atoms with Gasteiger partial charge in [0.05, 0.1) is 17.3 Å². The van der Waals surface area contributed by atoms with Crippen molar-refractivity contribution in [3.8, 4) is 11.1 Å². The third-order valence-electron chi connectivity index (χ3n) is 6.49. The van der Waals surface area contributed by atoms with Crippen LogP contribution in [-0.2, 0) is 4.79 Å². The summed E-state index contributed by atoms with van der Waals surface area (Å²) < 4.78 is 0. The standard InChI is InChI=1S/C29H26ClN3O/c1-4-27(34)33-26(22-13-9-8-10-18(22)2)17-25(32-33)28-19(3)31-24-15-14-21(30)16-23(24)29(28)20-11-6-5-7-12-20/h5-16,26H,4,17H2,1-3H3. The van der Waals surface area contributed by atoms with Crippen LogP contribution in [0, 0.1) is 13.8 Å². The number of rotatable bonds is 4. The second kappa shape index (κ2) is 9.03. The summed E-state index contributed by atoms with van der Waals surface area (Å²) in [6.45, 7) is 5.98. The molecule has 0 radical (unpaired) electrons. The summed E-state index contributed by atoms with van der Waals surface area (Å²) in [5, 5.41) is 8.25. The molecule has 1 amide bonds. The van der Waals surface area contributed by atoms with Gasteiger partial charge in [0.25, 0.3) is 0 Å². The van der Waals surface area contributed by atoms with E-state index in [2.05, 4.69) is 31.2 Å². The molecule has 1 unspecified atom stereocenters. The number of amides is 1. The van der Waals surface area contributed by atoms with Gasteiger partial charge in [-0.3, -0.25) is 9.78 Å². The summed E-state index contributed by atoms with van der Waals surface area (Å²) in [4.78, 5) is 17.9. The van der Waals surface area contributed by atoms with E-state index in [9.17, 15) is 4.79 Å². The van der Waals surface area contributed by atoms with Crippen LogP contribution in [0.3, 0.4) is 0 Å². The van der Waals surface area contributed by atoms with Gasteiger partial charge in [0, 0.05) is 40.1 Å². The van der Waals surface area contributed by atoms with Crippen molar-refractivity contribution in [2.45, 2.75) is 39.7 Å². The molecule has 1 aliphatic rings. The number of fused-ring (bicyclic) bond motifs is 1. The molecule has 4 aromatic rings. The lowest BCUT2D eigenvalue weighted by Gasteiger charge is -2.23. The molecule has 0 spiro atoms. The Bertz CT molecular complexity index is 1430. The topological polar surface area (TPSA) is 45.6 Å². The second-order valence-electron chi connectivity index (χ2n) is 8.69. The maximum absolute atomic E-state index is 13.0. The van der Waals surface area contributed by atoms with Gasteiger partial charge >= 0.3 is 0 Å². The van der Waals surface area contributed by atoms with E-state index < -0.39 is 0 Å². The Hall–Kier alpha value is -3.50. The Morgan fingerprint density at radius 3 is 2.47 bits per heavy atom. The van der Waals surface area contributed by atoms with E-state index in [1.54, 1.807) is 5.01 Å². The monoisotopic (exact) mass is 467 g/mol. The fraction of sp³-hybridized carbons (Fsp3) is 0.207. The Morgan fingerprint density at radius 1 is 1.00 bits per heavy atom. The predicted octanol–water partition coefficient (Wildman–Crippen LogP) is 7.26. The number of aryl methyl sites for hydroxylation is 2. The number of carbonyl (C=O) groups excluding carboxylic acids is 1. The highest BCUT2D eigenvalue weighted by atomic mass is 35.5. The zero-order valence-electron chi connectivity index (χ0n) is 19.5. The Balaban J connectivity index is 1.75. The number of hydrazone groups is 1.